The summed E-state index contributed by atoms with van der Waals surface area (Å²) in [5.74, 6) is 5.39. The molecule has 0 radical (unpaired) electrons. The summed E-state index contributed by atoms with van der Waals surface area (Å²) in [7, 11) is 0. The number of halogens is 2. The quantitative estimate of drug-likeness (QED) is 0.637. The van der Waals surface area contributed by atoms with Crippen LogP contribution in [0.3, 0.4) is 0 Å². The summed E-state index contributed by atoms with van der Waals surface area (Å²) >= 11 is 5.49. The molecular weight excluding hydrogens is 289 g/mol. The van der Waals surface area contributed by atoms with Gasteiger partial charge in [-0.2, -0.15) is 5.26 Å². The van der Waals surface area contributed by atoms with Crippen LogP contribution in [0.25, 0.3) is 0 Å². The summed E-state index contributed by atoms with van der Waals surface area (Å²) in [6.45, 7) is 0.179. The third-order valence-corrected chi connectivity index (χ3v) is 2.81. The van der Waals surface area contributed by atoms with Crippen molar-refractivity contribution in [3.8, 4) is 23.7 Å². The van der Waals surface area contributed by atoms with Gasteiger partial charge in [-0.1, -0.05) is 24.0 Å². The molecule has 0 saturated heterocycles. The Morgan fingerprint density at radius 2 is 2.00 bits per heavy atom. The predicted molar refractivity (Wildman–Crippen MR) is 79.5 cm³/mol. The summed E-state index contributed by atoms with van der Waals surface area (Å²) in [6, 6.07) is 13.4. The number of hydrogen-bond acceptors (Lipinski definition) is 2. The zero-order valence-electron chi connectivity index (χ0n) is 11.1. The second kappa shape index (κ2) is 7.33. The second-order valence-electron chi connectivity index (χ2n) is 4.18. The summed E-state index contributed by atoms with van der Waals surface area (Å²) in [6.07, 6.45) is 0. The number of benzene rings is 2. The van der Waals surface area contributed by atoms with E-state index in [1.807, 2.05) is 12.1 Å². The highest BCUT2D eigenvalue weighted by Gasteiger charge is 2.05. The predicted octanol–water partition coefficient (Wildman–Crippen LogP) is 3.87. The van der Waals surface area contributed by atoms with E-state index < -0.39 is 5.82 Å². The molecule has 0 fully saturated rings. The van der Waals surface area contributed by atoms with Crippen molar-refractivity contribution in [1.29, 1.82) is 5.26 Å². The number of rotatable bonds is 3. The zero-order valence-corrected chi connectivity index (χ0v) is 11.8. The van der Waals surface area contributed by atoms with E-state index >= 15 is 0 Å². The van der Waals surface area contributed by atoms with Crippen LogP contribution in [0, 0.1) is 29.0 Å². The largest absolute Gasteiger partial charge is 0.486 e. The highest BCUT2D eigenvalue weighted by Crippen LogP contribution is 2.20. The van der Waals surface area contributed by atoms with Crippen LogP contribution in [0.2, 0.25) is 0 Å². The molecule has 0 saturated carbocycles. The molecule has 0 aliphatic heterocycles. The average molecular weight is 300 g/mol. The third-order valence-electron chi connectivity index (χ3n) is 2.68. The molecule has 0 bridgehead atoms. The average Bonchev–Trinajstić information content (AvgIpc) is 2.53. The normalized spacial score (nSPS) is 9.38. The first-order valence-electron chi connectivity index (χ1n) is 6.19. The number of alkyl halides is 1. The van der Waals surface area contributed by atoms with Crippen molar-refractivity contribution in [1.82, 2.24) is 0 Å². The van der Waals surface area contributed by atoms with Gasteiger partial charge in [0.05, 0.1) is 17.5 Å². The molecule has 0 aromatic heterocycles. The molecule has 0 aliphatic rings. The molecule has 104 valence electrons. The lowest BCUT2D eigenvalue weighted by Crippen LogP contribution is -1.98. The monoisotopic (exact) mass is 299 g/mol. The first-order chi connectivity index (χ1) is 10.2. The minimum Gasteiger partial charge on any atom is -0.486 e. The maximum Gasteiger partial charge on any atom is 0.165 e. The highest BCUT2D eigenvalue weighted by molar-refractivity contribution is 6.19. The van der Waals surface area contributed by atoms with Gasteiger partial charge in [-0.05, 0) is 35.9 Å². The molecule has 2 nitrogen and oxygen atoms in total. The van der Waals surface area contributed by atoms with Crippen LogP contribution >= 0.6 is 11.6 Å². The lowest BCUT2D eigenvalue weighted by atomic mass is 10.1. The van der Waals surface area contributed by atoms with Crippen molar-refractivity contribution in [3.05, 3.63) is 65.0 Å². The van der Waals surface area contributed by atoms with Crippen LogP contribution in [0.1, 0.15) is 16.7 Å². The smallest absolute Gasteiger partial charge is 0.165 e. The van der Waals surface area contributed by atoms with Crippen LogP contribution < -0.4 is 4.74 Å². The van der Waals surface area contributed by atoms with E-state index in [9.17, 15) is 4.39 Å². The van der Waals surface area contributed by atoms with Crippen molar-refractivity contribution in [2.45, 2.75) is 6.61 Å². The van der Waals surface area contributed by atoms with Crippen LogP contribution in [0.15, 0.2) is 42.5 Å². The summed E-state index contributed by atoms with van der Waals surface area (Å²) < 4.78 is 19.1. The molecule has 0 heterocycles. The molecule has 4 heteroatoms. The Morgan fingerprint density at radius 1 is 1.14 bits per heavy atom. The van der Waals surface area contributed by atoms with Crippen molar-refractivity contribution in [2.75, 3.05) is 5.88 Å². The number of nitriles is 1. The molecule has 2 rings (SSSR count). The van der Waals surface area contributed by atoms with Gasteiger partial charge in [-0.15, -0.1) is 11.6 Å². The minimum absolute atomic E-state index is 0.124. The molecule has 0 amide bonds. The maximum atomic E-state index is 13.7. The fourth-order valence-corrected chi connectivity index (χ4v) is 1.79. The Balaban J connectivity index is 2.13. The molecule has 2 aromatic rings. The maximum absolute atomic E-state index is 13.7. The number of hydrogen-bond donors (Lipinski definition) is 0. The number of nitrogens with zero attached hydrogens (tertiary/aromatic N) is 1. The van der Waals surface area contributed by atoms with Gasteiger partial charge < -0.3 is 4.74 Å². The Kier molecular flexibility index (Phi) is 5.21. The molecule has 0 unspecified atom stereocenters. The Labute approximate surface area is 127 Å². The van der Waals surface area contributed by atoms with E-state index in [4.69, 9.17) is 21.6 Å². The van der Waals surface area contributed by atoms with E-state index in [0.29, 0.717) is 11.1 Å². The third kappa shape index (κ3) is 4.24. The first kappa shape index (κ1) is 14.9. The van der Waals surface area contributed by atoms with E-state index in [-0.39, 0.29) is 18.2 Å². The topological polar surface area (TPSA) is 33.0 Å². The van der Waals surface area contributed by atoms with Crippen molar-refractivity contribution in [2.24, 2.45) is 0 Å². The van der Waals surface area contributed by atoms with Crippen LogP contribution in [-0.4, -0.2) is 5.88 Å². The first-order valence-corrected chi connectivity index (χ1v) is 6.72. The standard InChI is InChI=1S/C17H11ClFNO/c18-8-2-5-13-6-7-16(19)17(10-13)21-12-15-4-1-3-14(9-15)11-20/h1,3-4,6-7,9-10H,8,12H2. The summed E-state index contributed by atoms with van der Waals surface area (Å²) in [5, 5.41) is 8.83. The molecule has 0 spiro atoms. The lowest BCUT2D eigenvalue weighted by Gasteiger charge is -2.08. The van der Waals surface area contributed by atoms with E-state index in [0.717, 1.165) is 5.56 Å². The van der Waals surface area contributed by atoms with Gasteiger partial charge in [0, 0.05) is 5.56 Å². The fraction of sp³-hybridized carbons (Fsp3) is 0.118. The minimum atomic E-state index is -0.456. The second-order valence-corrected chi connectivity index (χ2v) is 4.45. The van der Waals surface area contributed by atoms with E-state index in [1.165, 1.54) is 12.1 Å². The Morgan fingerprint density at radius 3 is 2.76 bits per heavy atom. The van der Waals surface area contributed by atoms with Gasteiger partial charge in [0.1, 0.15) is 6.61 Å². The van der Waals surface area contributed by atoms with Crippen molar-refractivity contribution >= 4 is 11.6 Å². The lowest BCUT2D eigenvalue weighted by molar-refractivity contribution is 0.290. The van der Waals surface area contributed by atoms with Gasteiger partial charge in [-0.3, -0.25) is 0 Å². The molecule has 0 N–H and O–H groups in total. The van der Waals surface area contributed by atoms with Gasteiger partial charge in [0.15, 0.2) is 11.6 Å². The van der Waals surface area contributed by atoms with Gasteiger partial charge >= 0.3 is 0 Å². The fourth-order valence-electron chi connectivity index (χ4n) is 1.72. The van der Waals surface area contributed by atoms with Crippen LogP contribution in [0.4, 0.5) is 4.39 Å². The molecule has 2 aromatic carbocycles. The highest BCUT2D eigenvalue weighted by atomic mass is 35.5. The Bertz CT molecular complexity index is 740. The van der Waals surface area contributed by atoms with Gasteiger partial charge in [-0.25, -0.2) is 4.39 Å². The van der Waals surface area contributed by atoms with E-state index in [2.05, 4.69) is 11.8 Å². The van der Waals surface area contributed by atoms with E-state index in [1.54, 1.807) is 24.3 Å². The zero-order chi connectivity index (χ0) is 15.1. The number of ether oxygens (including phenoxy) is 1. The summed E-state index contributed by atoms with van der Waals surface area (Å²) in [4.78, 5) is 0. The van der Waals surface area contributed by atoms with Crippen molar-refractivity contribution < 1.29 is 9.13 Å². The van der Waals surface area contributed by atoms with Crippen molar-refractivity contribution in [3.63, 3.8) is 0 Å². The molecular formula is C17H11ClFNO. The SMILES string of the molecule is N#Cc1cccc(COc2cc(C#CCCl)ccc2F)c1. The molecule has 21 heavy (non-hydrogen) atoms. The molecule has 0 aliphatic carbocycles. The van der Waals surface area contributed by atoms with Gasteiger partial charge in [0.2, 0.25) is 0 Å². The van der Waals surface area contributed by atoms with Gasteiger partial charge in [0.25, 0.3) is 0 Å². The molecule has 0 atom stereocenters. The Hall–Kier alpha value is -2.49. The van der Waals surface area contributed by atoms with Crippen LogP contribution in [0.5, 0.6) is 5.75 Å². The summed E-state index contributed by atoms with van der Waals surface area (Å²) in [5.41, 5.74) is 1.97. The van der Waals surface area contributed by atoms with Crippen LogP contribution in [-0.2, 0) is 6.61 Å².